The molecule has 0 radical (unpaired) electrons. The summed E-state index contributed by atoms with van der Waals surface area (Å²) < 4.78 is 28.8. The monoisotopic (exact) mass is 301 g/mol. The first-order valence-corrected chi connectivity index (χ1v) is 7.24. The van der Waals surface area contributed by atoms with Crippen molar-refractivity contribution in [1.29, 1.82) is 0 Å². The summed E-state index contributed by atoms with van der Waals surface area (Å²) in [6.45, 7) is 0.453. The van der Waals surface area contributed by atoms with E-state index in [4.69, 9.17) is 0 Å². The maximum Gasteiger partial charge on any atom is 0.306 e. The zero-order valence-corrected chi connectivity index (χ0v) is 11.3. The average molecular weight is 302 g/mol. The molecule has 0 saturated carbocycles. The molecule has 90 valence electrons. The minimum Gasteiger partial charge on any atom is -0.469 e. The van der Waals surface area contributed by atoms with Crippen molar-refractivity contribution in [3.05, 3.63) is 0 Å². The van der Waals surface area contributed by atoms with E-state index < -0.39 is 16.0 Å². The highest BCUT2D eigenvalue weighted by Gasteiger charge is 2.18. The molecule has 0 heterocycles. The number of sulfonamides is 1. The molecule has 7 heteroatoms. The maximum atomic E-state index is 11.6. The average Bonchev–Trinajstić information content (AvgIpc) is 2.22. The van der Waals surface area contributed by atoms with Gasteiger partial charge in [0.25, 0.3) is 0 Å². The van der Waals surface area contributed by atoms with Crippen LogP contribution in [-0.4, -0.2) is 50.5 Å². The predicted molar refractivity (Wildman–Crippen MR) is 61.5 cm³/mol. The molecule has 0 atom stereocenters. The topological polar surface area (TPSA) is 63.7 Å². The van der Waals surface area contributed by atoms with Crippen LogP contribution in [0.1, 0.15) is 12.8 Å². The van der Waals surface area contributed by atoms with Crippen LogP contribution in [0.25, 0.3) is 0 Å². The van der Waals surface area contributed by atoms with Crippen LogP contribution >= 0.6 is 15.9 Å². The van der Waals surface area contributed by atoms with Gasteiger partial charge >= 0.3 is 5.97 Å². The summed E-state index contributed by atoms with van der Waals surface area (Å²) in [6.07, 6.45) is 0.644. The molecule has 0 fully saturated rings. The van der Waals surface area contributed by atoms with E-state index in [0.717, 1.165) is 11.8 Å². The molecular weight excluding hydrogens is 286 g/mol. The van der Waals surface area contributed by atoms with Crippen LogP contribution in [0.5, 0.6) is 0 Å². The highest BCUT2D eigenvalue weighted by molar-refractivity contribution is 9.09. The molecule has 0 rings (SSSR count). The number of nitrogens with zero attached hydrogens (tertiary/aromatic N) is 1. The van der Waals surface area contributed by atoms with Crippen molar-refractivity contribution >= 4 is 31.9 Å². The van der Waals surface area contributed by atoms with Crippen molar-refractivity contribution in [2.45, 2.75) is 12.8 Å². The standard InChI is InChI=1S/C8H16BrNO4S/c1-10(6-3-5-9)15(12,13)7-4-8(11)14-2/h3-7H2,1-2H3. The minimum absolute atomic E-state index is 0.0997. The Kier molecular flexibility index (Phi) is 7.12. The Balaban J connectivity index is 4.11. The summed E-state index contributed by atoms with van der Waals surface area (Å²) in [5.74, 6) is -0.703. The number of hydrogen-bond donors (Lipinski definition) is 0. The van der Waals surface area contributed by atoms with Crippen molar-refractivity contribution < 1.29 is 17.9 Å². The Morgan fingerprint density at radius 1 is 1.47 bits per heavy atom. The predicted octanol–water partition coefficient (Wildman–Crippen LogP) is 0.596. The van der Waals surface area contributed by atoms with Gasteiger partial charge in [0.15, 0.2) is 0 Å². The first-order chi connectivity index (χ1) is 6.94. The molecule has 0 spiro atoms. The third kappa shape index (κ3) is 6.11. The highest BCUT2D eigenvalue weighted by Crippen LogP contribution is 2.03. The lowest BCUT2D eigenvalue weighted by Gasteiger charge is -2.15. The van der Waals surface area contributed by atoms with Crippen LogP contribution in [-0.2, 0) is 19.6 Å². The Hall–Kier alpha value is -0.140. The van der Waals surface area contributed by atoms with Gasteiger partial charge in [-0.2, -0.15) is 0 Å². The molecular formula is C8H16BrNO4S. The van der Waals surface area contributed by atoms with Gasteiger partial charge in [0.05, 0.1) is 19.3 Å². The largest absolute Gasteiger partial charge is 0.469 e. The summed E-state index contributed by atoms with van der Waals surface area (Å²) in [6, 6.07) is 0. The lowest BCUT2D eigenvalue weighted by molar-refractivity contribution is -0.140. The van der Waals surface area contributed by atoms with Gasteiger partial charge in [-0.15, -0.1) is 0 Å². The molecule has 0 aromatic carbocycles. The van der Waals surface area contributed by atoms with Gasteiger partial charge in [0.1, 0.15) is 0 Å². The minimum atomic E-state index is -3.33. The SMILES string of the molecule is COC(=O)CCS(=O)(=O)N(C)CCCBr. The van der Waals surface area contributed by atoms with Gasteiger partial charge in [0, 0.05) is 18.9 Å². The molecule has 5 nitrogen and oxygen atoms in total. The summed E-state index contributed by atoms with van der Waals surface area (Å²) >= 11 is 3.22. The fourth-order valence-corrected chi connectivity index (χ4v) is 2.29. The lowest BCUT2D eigenvalue weighted by atomic mass is 10.5. The first-order valence-electron chi connectivity index (χ1n) is 4.51. The fraction of sp³-hybridized carbons (Fsp3) is 0.875. The van der Waals surface area contributed by atoms with Gasteiger partial charge < -0.3 is 4.74 Å². The molecule has 0 aromatic heterocycles. The molecule has 0 saturated heterocycles. The van der Waals surface area contributed by atoms with Crippen LogP contribution in [0.15, 0.2) is 0 Å². The first kappa shape index (κ1) is 14.9. The summed E-state index contributed by atoms with van der Waals surface area (Å²) in [7, 11) is -0.577. The van der Waals surface area contributed by atoms with Crippen LogP contribution in [0.3, 0.4) is 0 Å². The number of alkyl halides is 1. The van der Waals surface area contributed by atoms with Gasteiger partial charge in [-0.1, -0.05) is 15.9 Å². The molecule has 0 aliphatic heterocycles. The van der Waals surface area contributed by atoms with E-state index in [-0.39, 0.29) is 12.2 Å². The third-order valence-electron chi connectivity index (χ3n) is 1.87. The second-order valence-corrected chi connectivity index (χ2v) is 5.99. The molecule has 0 unspecified atom stereocenters. The van der Waals surface area contributed by atoms with Crippen molar-refractivity contribution in [3.63, 3.8) is 0 Å². The van der Waals surface area contributed by atoms with E-state index in [1.807, 2.05) is 0 Å². The zero-order valence-electron chi connectivity index (χ0n) is 8.90. The smallest absolute Gasteiger partial charge is 0.306 e. The molecule has 0 bridgehead atoms. The van der Waals surface area contributed by atoms with Crippen molar-refractivity contribution in [2.24, 2.45) is 0 Å². The van der Waals surface area contributed by atoms with Crippen molar-refractivity contribution in [2.75, 3.05) is 31.8 Å². The van der Waals surface area contributed by atoms with E-state index in [0.29, 0.717) is 6.54 Å². The zero-order chi connectivity index (χ0) is 11.9. The van der Waals surface area contributed by atoms with Crippen LogP contribution in [0.2, 0.25) is 0 Å². The number of halogens is 1. The van der Waals surface area contributed by atoms with Gasteiger partial charge in [-0.05, 0) is 6.42 Å². The van der Waals surface area contributed by atoms with Gasteiger partial charge in [-0.25, -0.2) is 12.7 Å². The second-order valence-electron chi connectivity index (χ2n) is 3.01. The second kappa shape index (κ2) is 7.19. The number of rotatable bonds is 7. The Bertz CT molecular complexity index is 291. The fourth-order valence-electron chi connectivity index (χ4n) is 0.892. The summed E-state index contributed by atoms with van der Waals surface area (Å²) in [4.78, 5) is 10.8. The quantitative estimate of drug-likeness (QED) is 0.510. The molecule has 0 aliphatic carbocycles. The van der Waals surface area contributed by atoms with E-state index in [1.165, 1.54) is 18.5 Å². The number of ether oxygens (including phenoxy) is 1. The summed E-state index contributed by atoms with van der Waals surface area (Å²) in [5.41, 5.74) is 0. The van der Waals surface area contributed by atoms with Crippen LogP contribution in [0.4, 0.5) is 0 Å². The number of carbonyl (C=O) groups excluding carboxylic acids is 1. The normalized spacial score (nSPS) is 11.7. The molecule has 0 aromatic rings. The van der Waals surface area contributed by atoms with Crippen LogP contribution < -0.4 is 0 Å². The van der Waals surface area contributed by atoms with Gasteiger partial charge in [-0.3, -0.25) is 4.79 Å². The Morgan fingerprint density at radius 3 is 2.53 bits per heavy atom. The lowest BCUT2D eigenvalue weighted by Crippen LogP contribution is -2.31. The Morgan fingerprint density at radius 2 is 2.07 bits per heavy atom. The molecule has 0 N–H and O–H groups in total. The van der Waals surface area contributed by atoms with E-state index in [1.54, 1.807) is 0 Å². The molecule has 0 amide bonds. The number of esters is 1. The van der Waals surface area contributed by atoms with Gasteiger partial charge in [0.2, 0.25) is 10.0 Å². The third-order valence-corrected chi connectivity index (χ3v) is 4.29. The summed E-state index contributed by atoms with van der Waals surface area (Å²) in [5, 5.41) is 0.754. The highest BCUT2D eigenvalue weighted by atomic mass is 79.9. The molecule has 15 heavy (non-hydrogen) atoms. The van der Waals surface area contributed by atoms with Crippen molar-refractivity contribution in [3.8, 4) is 0 Å². The van der Waals surface area contributed by atoms with Crippen molar-refractivity contribution in [1.82, 2.24) is 4.31 Å². The Labute approximate surface area is 99.0 Å². The number of hydrogen-bond acceptors (Lipinski definition) is 4. The van der Waals surface area contributed by atoms with E-state index >= 15 is 0 Å². The van der Waals surface area contributed by atoms with E-state index in [9.17, 15) is 13.2 Å². The maximum absolute atomic E-state index is 11.6. The number of carbonyl (C=O) groups is 1. The van der Waals surface area contributed by atoms with Crippen LogP contribution in [0, 0.1) is 0 Å². The molecule has 0 aliphatic rings. The van der Waals surface area contributed by atoms with E-state index in [2.05, 4.69) is 20.7 Å². The number of methoxy groups -OCH3 is 1.